The van der Waals surface area contributed by atoms with Crippen LogP contribution in [0.2, 0.25) is 0 Å². The van der Waals surface area contributed by atoms with Crippen LogP contribution in [-0.4, -0.2) is 49.1 Å². The number of carbonyl (C=O) groups excluding carboxylic acids is 1. The molecule has 128 valence electrons. The Morgan fingerprint density at radius 3 is 2.68 bits per heavy atom. The van der Waals surface area contributed by atoms with E-state index in [4.69, 9.17) is 0 Å². The molecule has 1 fully saturated rings. The first-order valence-corrected chi connectivity index (χ1v) is 8.38. The summed E-state index contributed by atoms with van der Waals surface area (Å²) in [5.74, 6) is 1.03. The van der Waals surface area contributed by atoms with Gasteiger partial charge >= 0.3 is 0 Å². The molecule has 7 nitrogen and oxygen atoms in total. The molecule has 1 aliphatic rings. The lowest BCUT2D eigenvalue weighted by Gasteiger charge is -2.37. The van der Waals surface area contributed by atoms with Gasteiger partial charge in [0.15, 0.2) is 5.82 Å². The zero-order valence-electron chi connectivity index (χ0n) is 14.3. The Hall–Kier alpha value is -2.96. The molecule has 0 aliphatic carbocycles. The van der Waals surface area contributed by atoms with Gasteiger partial charge in [0.2, 0.25) is 5.91 Å². The third-order valence-corrected chi connectivity index (χ3v) is 4.85. The summed E-state index contributed by atoms with van der Waals surface area (Å²) in [5.41, 5.74) is 4.46. The highest BCUT2D eigenvalue weighted by Crippen LogP contribution is 2.26. The lowest BCUT2D eigenvalue weighted by molar-refractivity contribution is -0.135. The lowest BCUT2D eigenvalue weighted by Crippen LogP contribution is -2.49. The number of rotatable bonds is 4. The number of aromatic nitrogens is 5. The number of tetrazole rings is 1. The van der Waals surface area contributed by atoms with E-state index in [1.807, 2.05) is 23.1 Å². The number of benzene rings is 1. The first-order chi connectivity index (χ1) is 12.1. The molecule has 0 spiro atoms. The van der Waals surface area contributed by atoms with Gasteiger partial charge in [-0.05, 0) is 37.6 Å². The van der Waals surface area contributed by atoms with E-state index in [1.54, 1.807) is 0 Å². The molecule has 0 radical (unpaired) electrons. The van der Waals surface area contributed by atoms with Crippen LogP contribution in [0.25, 0.3) is 5.69 Å². The number of aryl methyl sites for hydroxylation is 1. The second-order valence-electron chi connectivity index (χ2n) is 6.51. The summed E-state index contributed by atoms with van der Waals surface area (Å²) in [6.07, 6.45) is 0.422. The van der Waals surface area contributed by atoms with Gasteiger partial charge in [0.25, 0.3) is 0 Å². The summed E-state index contributed by atoms with van der Waals surface area (Å²) in [7, 11) is 0. The van der Waals surface area contributed by atoms with Crippen LogP contribution >= 0.6 is 0 Å². The quantitative estimate of drug-likeness (QED) is 0.787. The number of nitrogens with one attached hydrogen (secondary N) is 1. The van der Waals surface area contributed by atoms with Crippen LogP contribution in [0.15, 0.2) is 36.4 Å². The highest BCUT2D eigenvalue weighted by Gasteiger charge is 2.34. The minimum absolute atomic E-state index is 0.146. The zero-order chi connectivity index (χ0) is 17.4. The Kier molecular flexibility index (Phi) is 3.83. The van der Waals surface area contributed by atoms with Crippen molar-refractivity contribution in [2.45, 2.75) is 26.2 Å². The molecule has 1 N–H and O–H groups in total. The molecular weight excluding hydrogens is 316 g/mol. The molecule has 7 heteroatoms. The fourth-order valence-corrected chi connectivity index (χ4v) is 3.45. The fraction of sp³-hybridized carbons (Fsp3) is 0.333. The van der Waals surface area contributed by atoms with Crippen molar-refractivity contribution in [2.24, 2.45) is 0 Å². The largest absolute Gasteiger partial charge is 0.341 e. The van der Waals surface area contributed by atoms with Gasteiger partial charge in [-0.25, -0.2) is 0 Å². The summed E-state index contributed by atoms with van der Waals surface area (Å²) in [5, 5.41) is 14.0. The van der Waals surface area contributed by atoms with Crippen molar-refractivity contribution in [3.8, 4) is 5.69 Å². The van der Waals surface area contributed by atoms with Crippen LogP contribution < -0.4 is 0 Å². The normalized spacial score (nSPS) is 14.6. The van der Waals surface area contributed by atoms with E-state index in [0.717, 1.165) is 22.6 Å². The predicted octanol–water partition coefficient (Wildman–Crippen LogP) is 1.78. The second-order valence-corrected chi connectivity index (χ2v) is 6.51. The maximum Gasteiger partial charge on any atom is 0.227 e. The van der Waals surface area contributed by atoms with Crippen LogP contribution in [0, 0.1) is 13.8 Å². The average Bonchev–Trinajstić information content (AvgIpc) is 3.16. The van der Waals surface area contributed by atoms with E-state index in [9.17, 15) is 4.79 Å². The van der Waals surface area contributed by atoms with E-state index < -0.39 is 0 Å². The second kappa shape index (κ2) is 6.16. The van der Waals surface area contributed by atoms with Crippen molar-refractivity contribution in [3.63, 3.8) is 0 Å². The van der Waals surface area contributed by atoms with Crippen LogP contribution in [-0.2, 0) is 11.2 Å². The smallest absolute Gasteiger partial charge is 0.227 e. The maximum absolute atomic E-state index is 12.6. The monoisotopic (exact) mass is 336 g/mol. The molecule has 2 aromatic heterocycles. The molecule has 0 bridgehead atoms. The van der Waals surface area contributed by atoms with Gasteiger partial charge in [-0.1, -0.05) is 23.4 Å². The van der Waals surface area contributed by atoms with Crippen LogP contribution in [0.4, 0.5) is 0 Å². The standard InChI is InChI=1S/C18H20N6O/c1-12-8-14(13(2)24(12)16-6-4-3-5-7-16)9-17(25)23-10-15(11-23)18-19-21-22-20-18/h3-8,15H,9-11H2,1-2H3,(H,19,20,21,22). The van der Waals surface area contributed by atoms with Gasteiger partial charge in [0.05, 0.1) is 12.3 Å². The molecule has 1 saturated heterocycles. The van der Waals surface area contributed by atoms with Crippen molar-refractivity contribution in [2.75, 3.05) is 13.1 Å². The van der Waals surface area contributed by atoms with Crippen LogP contribution in [0.3, 0.4) is 0 Å². The van der Waals surface area contributed by atoms with Gasteiger partial charge < -0.3 is 9.47 Å². The number of hydrogen-bond acceptors (Lipinski definition) is 4. The summed E-state index contributed by atoms with van der Waals surface area (Å²) >= 11 is 0. The number of amides is 1. The number of likely N-dealkylation sites (tertiary alicyclic amines) is 1. The van der Waals surface area contributed by atoms with E-state index >= 15 is 0 Å². The van der Waals surface area contributed by atoms with Gasteiger partial charge in [-0.15, -0.1) is 10.2 Å². The number of H-pyrrole nitrogens is 1. The Morgan fingerprint density at radius 1 is 1.24 bits per heavy atom. The SMILES string of the molecule is Cc1cc(CC(=O)N2CC(c3nn[nH]n3)C2)c(C)n1-c1ccccc1. The fourth-order valence-electron chi connectivity index (χ4n) is 3.45. The summed E-state index contributed by atoms with van der Waals surface area (Å²) in [6.45, 7) is 5.47. The van der Waals surface area contributed by atoms with Crippen molar-refractivity contribution in [1.29, 1.82) is 0 Å². The molecule has 1 aliphatic heterocycles. The third kappa shape index (κ3) is 2.82. The molecule has 1 amide bonds. The highest BCUT2D eigenvalue weighted by atomic mass is 16.2. The summed E-state index contributed by atoms with van der Waals surface area (Å²) in [4.78, 5) is 14.4. The zero-order valence-corrected chi connectivity index (χ0v) is 14.3. The van der Waals surface area contributed by atoms with Gasteiger partial charge in [-0.2, -0.15) is 5.21 Å². The summed E-state index contributed by atoms with van der Waals surface area (Å²) in [6, 6.07) is 12.3. The molecule has 4 rings (SSSR count). The van der Waals surface area contributed by atoms with E-state index in [1.165, 1.54) is 0 Å². The average molecular weight is 336 g/mol. The molecule has 3 heterocycles. The molecule has 0 saturated carbocycles. The highest BCUT2D eigenvalue weighted by molar-refractivity contribution is 5.80. The van der Waals surface area contributed by atoms with E-state index in [0.29, 0.717) is 25.3 Å². The molecule has 1 aromatic carbocycles. The maximum atomic E-state index is 12.6. The minimum Gasteiger partial charge on any atom is -0.341 e. The molecule has 0 unspecified atom stereocenters. The first-order valence-electron chi connectivity index (χ1n) is 8.38. The van der Waals surface area contributed by atoms with Gasteiger partial charge in [0.1, 0.15) is 0 Å². The molecule has 0 atom stereocenters. The number of nitrogens with zero attached hydrogens (tertiary/aromatic N) is 5. The van der Waals surface area contributed by atoms with Crippen molar-refractivity contribution in [1.82, 2.24) is 30.1 Å². The Labute approximate surface area is 145 Å². The van der Waals surface area contributed by atoms with E-state index in [2.05, 4.69) is 57.2 Å². The topological polar surface area (TPSA) is 79.7 Å². The van der Waals surface area contributed by atoms with Crippen molar-refractivity contribution >= 4 is 5.91 Å². The lowest BCUT2D eigenvalue weighted by atomic mass is 9.98. The van der Waals surface area contributed by atoms with Crippen LogP contribution in [0.1, 0.15) is 28.7 Å². The van der Waals surface area contributed by atoms with Gasteiger partial charge in [0, 0.05) is 30.2 Å². The van der Waals surface area contributed by atoms with Crippen molar-refractivity contribution in [3.05, 3.63) is 59.2 Å². The van der Waals surface area contributed by atoms with Crippen molar-refractivity contribution < 1.29 is 4.79 Å². The summed E-state index contributed by atoms with van der Waals surface area (Å²) < 4.78 is 2.20. The Balaban J connectivity index is 1.46. The predicted molar refractivity (Wildman–Crippen MR) is 92.4 cm³/mol. The number of aromatic amines is 1. The number of carbonyl (C=O) groups is 1. The molecule has 25 heavy (non-hydrogen) atoms. The molecular formula is C18H20N6O. The third-order valence-electron chi connectivity index (χ3n) is 4.85. The number of para-hydroxylation sites is 1. The Bertz CT molecular complexity index is 878. The minimum atomic E-state index is 0.146. The number of hydrogen-bond donors (Lipinski definition) is 1. The first kappa shape index (κ1) is 15.6. The van der Waals surface area contributed by atoms with Gasteiger partial charge in [-0.3, -0.25) is 4.79 Å². The van der Waals surface area contributed by atoms with Crippen LogP contribution in [0.5, 0.6) is 0 Å². The van der Waals surface area contributed by atoms with E-state index in [-0.39, 0.29) is 11.8 Å². The Morgan fingerprint density at radius 2 is 2.00 bits per heavy atom. The molecule has 3 aromatic rings.